The summed E-state index contributed by atoms with van der Waals surface area (Å²) in [5, 5.41) is 7.97. The first-order valence-electron chi connectivity index (χ1n) is 11.8. The smallest absolute Gasteiger partial charge is 0.380 e. The van der Waals surface area contributed by atoms with Crippen molar-refractivity contribution in [2.45, 2.75) is 31.6 Å². The molecule has 0 bridgehead atoms. The van der Waals surface area contributed by atoms with Gasteiger partial charge in [0.2, 0.25) is 0 Å². The molecule has 2 aromatic rings. The first kappa shape index (κ1) is 27.4. The third kappa shape index (κ3) is 7.25. The standard InChI is InChI=1S/C26H23F5N6O2/c27-16-9-15(10-17(28)11-16)13-33-22-12-23(34-14-21(22)24(32)38)35-18-1-3-20(4-2-18)37-7-5-19(6-8-37)36-25(39)26(29,30)31/h1,3,9-12,14,19H,5-8,13H2,(H2,32,38)(H,36,39)(H2,33,34,35). The van der Waals surface area contributed by atoms with E-state index in [1.165, 1.54) is 12.3 Å². The number of piperidine rings is 1. The zero-order valence-corrected chi connectivity index (χ0v) is 20.3. The molecule has 8 nitrogen and oxygen atoms in total. The highest BCUT2D eigenvalue weighted by Gasteiger charge is 2.40. The second-order valence-corrected chi connectivity index (χ2v) is 8.85. The van der Waals surface area contributed by atoms with Crippen molar-refractivity contribution in [3.63, 3.8) is 0 Å². The van der Waals surface area contributed by atoms with E-state index in [0.717, 1.165) is 18.2 Å². The molecule has 0 spiro atoms. The summed E-state index contributed by atoms with van der Waals surface area (Å²) >= 11 is 0. The highest BCUT2D eigenvalue weighted by atomic mass is 19.4. The van der Waals surface area contributed by atoms with Crippen LogP contribution in [0.3, 0.4) is 0 Å². The molecular weight excluding hydrogens is 523 g/mol. The number of nitrogens with one attached hydrogen (secondary N) is 3. The predicted molar refractivity (Wildman–Crippen MR) is 132 cm³/mol. The number of hydrogen-bond donors (Lipinski definition) is 4. The van der Waals surface area contributed by atoms with Crippen molar-refractivity contribution in [3.8, 4) is 0 Å². The van der Waals surface area contributed by atoms with Crippen LogP contribution in [-0.2, 0) is 11.3 Å². The monoisotopic (exact) mass is 546 g/mol. The van der Waals surface area contributed by atoms with Gasteiger partial charge in [0.05, 0.1) is 22.6 Å². The van der Waals surface area contributed by atoms with Gasteiger partial charge >= 0.3 is 12.1 Å². The number of nitrogens with zero attached hydrogens (tertiary/aromatic N) is 2. The van der Waals surface area contributed by atoms with E-state index in [9.17, 15) is 31.5 Å². The molecule has 5 N–H and O–H groups in total. The SMILES string of the molecule is NC(=O)c1cnc(NC2=C=C=C(N3CCC(NC(=O)C(F)(F)F)CC3)C=C2)cc1NCc1cc(F)cc(F)c1. The number of anilines is 2. The van der Waals surface area contributed by atoms with E-state index in [1.807, 2.05) is 10.2 Å². The number of carbonyl (C=O) groups is 2. The number of pyridine rings is 1. The lowest BCUT2D eigenvalue weighted by atomic mass is 10.0. The number of rotatable bonds is 8. The molecule has 2 aliphatic rings. The largest absolute Gasteiger partial charge is 0.471 e. The number of halogens is 5. The second kappa shape index (κ2) is 11.4. The molecule has 0 atom stereocenters. The highest BCUT2D eigenvalue weighted by molar-refractivity contribution is 5.98. The molecule has 2 heterocycles. The van der Waals surface area contributed by atoms with E-state index >= 15 is 0 Å². The van der Waals surface area contributed by atoms with Crippen LogP contribution in [0.1, 0.15) is 28.8 Å². The summed E-state index contributed by atoms with van der Waals surface area (Å²) in [5.41, 5.74) is 13.2. The van der Waals surface area contributed by atoms with Gasteiger partial charge in [0.25, 0.3) is 5.91 Å². The van der Waals surface area contributed by atoms with E-state index < -0.39 is 35.7 Å². The molecule has 1 saturated heterocycles. The molecule has 0 unspecified atom stereocenters. The Morgan fingerprint density at radius 1 is 1.05 bits per heavy atom. The van der Waals surface area contributed by atoms with Crippen molar-refractivity contribution in [1.29, 1.82) is 0 Å². The van der Waals surface area contributed by atoms with Crippen molar-refractivity contribution in [3.05, 3.63) is 88.2 Å². The van der Waals surface area contributed by atoms with Crippen LogP contribution in [0.25, 0.3) is 0 Å². The number of likely N-dealkylation sites (tertiary alicyclic amines) is 1. The summed E-state index contributed by atoms with van der Waals surface area (Å²) in [4.78, 5) is 29.1. The summed E-state index contributed by atoms with van der Waals surface area (Å²) in [7, 11) is 0. The highest BCUT2D eigenvalue weighted by Crippen LogP contribution is 2.23. The number of hydrogen-bond acceptors (Lipinski definition) is 6. The average Bonchev–Trinajstić information content (AvgIpc) is 2.87. The van der Waals surface area contributed by atoms with E-state index in [1.54, 1.807) is 12.2 Å². The molecule has 13 heteroatoms. The number of amides is 2. The first-order valence-corrected chi connectivity index (χ1v) is 11.8. The Bertz CT molecular complexity index is 1400. The third-order valence-corrected chi connectivity index (χ3v) is 6.00. The van der Waals surface area contributed by atoms with Gasteiger partial charge in [0, 0.05) is 44.0 Å². The molecule has 4 rings (SSSR count). The quantitative estimate of drug-likeness (QED) is 0.297. The van der Waals surface area contributed by atoms with E-state index in [0.29, 0.717) is 54.4 Å². The van der Waals surface area contributed by atoms with Crippen LogP contribution < -0.4 is 21.7 Å². The van der Waals surface area contributed by atoms with Gasteiger partial charge < -0.3 is 26.6 Å². The molecular formula is C26H23F5N6O2. The maximum Gasteiger partial charge on any atom is 0.471 e. The van der Waals surface area contributed by atoms with Gasteiger partial charge in [-0.05, 0) is 54.2 Å². The third-order valence-electron chi connectivity index (χ3n) is 6.00. The maximum absolute atomic E-state index is 13.5. The molecule has 1 aromatic carbocycles. The Morgan fingerprint density at radius 3 is 2.33 bits per heavy atom. The Labute approximate surface area is 219 Å². The molecule has 0 radical (unpaired) electrons. The van der Waals surface area contributed by atoms with Crippen LogP contribution in [-0.4, -0.2) is 47.0 Å². The van der Waals surface area contributed by atoms with Gasteiger partial charge in [-0.1, -0.05) is 0 Å². The van der Waals surface area contributed by atoms with Crippen molar-refractivity contribution >= 4 is 23.3 Å². The molecule has 1 aliphatic heterocycles. The Balaban J connectivity index is 1.42. The number of benzene rings is 1. The van der Waals surface area contributed by atoms with Crippen molar-refractivity contribution < 1.29 is 31.5 Å². The number of alkyl halides is 3. The van der Waals surface area contributed by atoms with Crippen molar-refractivity contribution in [2.75, 3.05) is 23.7 Å². The van der Waals surface area contributed by atoms with E-state index in [2.05, 4.69) is 27.1 Å². The number of nitrogens with two attached hydrogens (primary N) is 1. The second-order valence-electron chi connectivity index (χ2n) is 8.85. The minimum atomic E-state index is -4.91. The molecule has 39 heavy (non-hydrogen) atoms. The van der Waals surface area contributed by atoms with E-state index in [4.69, 9.17) is 5.73 Å². The van der Waals surface area contributed by atoms with Gasteiger partial charge in [-0.3, -0.25) is 9.59 Å². The number of allylic oxidation sites excluding steroid dienone is 2. The minimum Gasteiger partial charge on any atom is -0.380 e. The zero-order valence-electron chi connectivity index (χ0n) is 20.3. The average molecular weight is 547 g/mol. The number of carbonyl (C=O) groups excluding carboxylic acids is 2. The molecule has 1 aliphatic carbocycles. The normalized spacial score (nSPS) is 15.5. The zero-order chi connectivity index (χ0) is 28.2. The number of primary amides is 1. The summed E-state index contributed by atoms with van der Waals surface area (Å²) < 4.78 is 64.4. The van der Waals surface area contributed by atoms with Crippen LogP contribution in [0.5, 0.6) is 0 Å². The van der Waals surface area contributed by atoms with Gasteiger partial charge in [-0.25, -0.2) is 13.8 Å². The minimum absolute atomic E-state index is 0.0175. The van der Waals surface area contributed by atoms with Gasteiger partial charge in [0.15, 0.2) is 0 Å². The maximum atomic E-state index is 13.5. The Kier molecular flexibility index (Phi) is 8.04. The van der Waals surface area contributed by atoms with Gasteiger partial charge in [-0.15, -0.1) is 0 Å². The lowest BCUT2D eigenvalue weighted by molar-refractivity contribution is -0.174. The summed E-state index contributed by atoms with van der Waals surface area (Å²) in [6, 6.07) is 4.03. The van der Waals surface area contributed by atoms with Gasteiger partial charge in [-0.2, -0.15) is 13.2 Å². The summed E-state index contributed by atoms with van der Waals surface area (Å²) in [6.45, 7) is 0.879. The molecule has 1 aromatic heterocycles. The molecule has 1 fully saturated rings. The first-order chi connectivity index (χ1) is 18.5. The van der Waals surface area contributed by atoms with Crippen LogP contribution in [0.2, 0.25) is 0 Å². The fourth-order valence-electron chi connectivity index (χ4n) is 4.08. The predicted octanol–water partition coefficient (Wildman–Crippen LogP) is 3.72. The molecule has 0 saturated carbocycles. The van der Waals surface area contributed by atoms with Crippen molar-refractivity contribution in [1.82, 2.24) is 15.2 Å². The van der Waals surface area contributed by atoms with Crippen LogP contribution >= 0.6 is 0 Å². The van der Waals surface area contributed by atoms with Crippen LogP contribution in [0, 0.1) is 11.6 Å². The van der Waals surface area contributed by atoms with Crippen LogP contribution in [0.4, 0.5) is 33.5 Å². The lowest BCUT2D eigenvalue weighted by Gasteiger charge is -2.34. The van der Waals surface area contributed by atoms with Gasteiger partial charge in [0.1, 0.15) is 17.5 Å². The van der Waals surface area contributed by atoms with Crippen molar-refractivity contribution in [2.24, 2.45) is 5.73 Å². The Hall–Kier alpha value is -4.60. The molecule has 2 amide bonds. The summed E-state index contributed by atoms with van der Waals surface area (Å²) in [5.74, 6) is -3.81. The van der Waals surface area contributed by atoms with Crippen LogP contribution in [0.15, 0.2) is 65.5 Å². The van der Waals surface area contributed by atoms with E-state index in [-0.39, 0.29) is 12.1 Å². The lowest BCUT2D eigenvalue weighted by Crippen LogP contribution is -2.48. The summed E-state index contributed by atoms with van der Waals surface area (Å²) in [6.07, 6.45) is 0.514. The Morgan fingerprint density at radius 2 is 1.74 bits per heavy atom. The molecule has 204 valence electrons. The fraction of sp³-hybridized carbons (Fsp3) is 0.269. The number of aromatic nitrogens is 1. The topological polar surface area (TPSA) is 112 Å². The fourth-order valence-corrected chi connectivity index (χ4v) is 4.08.